The van der Waals surface area contributed by atoms with Gasteiger partial charge in [0, 0.05) is 38.2 Å². The lowest BCUT2D eigenvalue weighted by Crippen LogP contribution is -2.41. The maximum atomic E-state index is 12.5. The van der Waals surface area contributed by atoms with Crippen molar-refractivity contribution >= 4 is 11.7 Å². The van der Waals surface area contributed by atoms with Gasteiger partial charge >= 0.3 is 0 Å². The van der Waals surface area contributed by atoms with E-state index in [1.807, 2.05) is 54.4 Å². The topological polar surface area (TPSA) is 49.3 Å². The molecular formula is C21H28N4O. The predicted octanol–water partition coefficient (Wildman–Crippen LogP) is 3.62. The molecule has 1 saturated heterocycles. The zero-order valence-electron chi connectivity index (χ0n) is 15.8. The van der Waals surface area contributed by atoms with E-state index >= 15 is 0 Å². The largest absolute Gasteiger partial charge is 0.355 e. The number of anilines is 1. The van der Waals surface area contributed by atoms with Gasteiger partial charge < -0.3 is 9.80 Å². The molecule has 0 N–H and O–H groups in total. The maximum Gasteiger partial charge on any atom is 0.225 e. The van der Waals surface area contributed by atoms with E-state index in [9.17, 15) is 4.79 Å². The van der Waals surface area contributed by atoms with Crippen LogP contribution in [0.1, 0.15) is 32.6 Å². The molecule has 2 heterocycles. The molecule has 1 aliphatic rings. The Morgan fingerprint density at radius 1 is 1.12 bits per heavy atom. The number of carbonyl (C=O) groups excluding carboxylic acids is 1. The van der Waals surface area contributed by atoms with Gasteiger partial charge in [-0.1, -0.05) is 43.7 Å². The molecule has 1 amide bonds. The SMILES string of the molecule is CCCCN(C)C(=O)C1CCN(c2ccc(-c3ccccc3)nn2)CC1. The lowest BCUT2D eigenvalue weighted by molar-refractivity contribution is -0.134. The van der Waals surface area contributed by atoms with E-state index in [2.05, 4.69) is 22.0 Å². The molecule has 2 aromatic rings. The summed E-state index contributed by atoms with van der Waals surface area (Å²) in [5, 5.41) is 8.78. The molecule has 1 aliphatic heterocycles. The van der Waals surface area contributed by atoms with Crippen LogP contribution in [-0.2, 0) is 4.79 Å². The van der Waals surface area contributed by atoms with Crippen LogP contribution in [0.25, 0.3) is 11.3 Å². The normalized spacial score (nSPS) is 15.1. The number of hydrogen-bond acceptors (Lipinski definition) is 4. The lowest BCUT2D eigenvalue weighted by atomic mass is 9.95. The Labute approximate surface area is 156 Å². The third-order valence-electron chi connectivity index (χ3n) is 5.11. The summed E-state index contributed by atoms with van der Waals surface area (Å²) < 4.78 is 0. The third kappa shape index (κ3) is 4.40. The molecule has 1 aromatic heterocycles. The summed E-state index contributed by atoms with van der Waals surface area (Å²) in [6.45, 7) is 4.73. The molecule has 1 fully saturated rings. The van der Waals surface area contributed by atoms with Crippen molar-refractivity contribution in [3.63, 3.8) is 0 Å². The molecule has 0 radical (unpaired) electrons. The molecule has 1 aromatic carbocycles. The van der Waals surface area contributed by atoms with Crippen LogP contribution in [0.2, 0.25) is 0 Å². The lowest BCUT2D eigenvalue weighted by Gasteiger charge is -2.33. The quantitative estimate of drug-likeness (QED) is 0.797. The first-order chi connectivity index (χ1) is 12.7. The van der Waals surface area contributed by atoms with Crippen molar-refractivity contribution < 1.29 is 4.79 Å². The highest BCUT2D eigenvalue weighted by molar-refractivity contribution is 5.78. The molecule has 0 atom stereocenters. The third-order valence-corrected chi connectivity index (χ3v) is 5.11. The second kappa shape index (κ2) is 8.79. The predicted molar refractivity (Wildman–Crippen MR) is 105 cm³/mol. The Kier molecular flexibility index (Phi) is 6.21. The van der Waals surface area contributed by atoms with Gasteiger partial charge in [0.05, 0.1) is 5.69 Å². The monoisotopic (exact) mass is 352 g/mol. The standard InChI is InChI=1S/C21H28N4O/c1-3-4-14-24(2)21(26)18-12-15-25(16-13-18)20-11-10-19(22-23-20)17-8-6-5-7-9-17/h5-11,18H,3-4,12-16H2,1-2H3. The highest BCUT2D eigenvalue weighted by Gasteiger charge is 2.27. The van der Waals surface area contributed by atoms with Crippen molar-refractivity contribution in [2.75, 3.05) is 31.6 Å². The van der Waals surface area contributed by atoms with Crippen LogP contribution in [0.15, 0.2) is 42.5 Å². The van der Waals surface area contributed by atoms with E-state index < -0.39 is 0 Å². The Bertz CT molecular complexity index is 694. The minimum absolute atomic E-state index is 0.143. The summed E-state index contributed by atoms with van der Waals surface area (Å²) in [6.07, 6.45) is 3.97. The van der Waals surface area contributed by atoms with Crippen molar-refractivity contribution in [1.82, 2.24) is 15.1 Å². The fourth-order valence-electron chi connectivity index (χ4n) is 3.43. The summed E-state index contributed by atoms with van der Waals surface area (Å²) in [5.74, 6) is 1.34. The highest BCUT2D eigenvalue weighted by atomic mass is 16.2. The van der Waals surface area contributed by atoms with Crippen LogP contribution < -0.4 is 4.90 Å². The van der Waals surface area contributed by atoms with Crippen LogP contribution in [0.5, 0.6) is 0 Å². The van der Waals surface area contributed by atoms with E-state index in [-0.39, 0.29) is 5.92 Å². The molecule has 26 heavy (non-hydrogen) atoms. The van der Waals surface area contributed by atoms with E-state index in [0.717, 1.165) is 62.4 Å². The summed E-state index contributed by atoms with van der Waals surface area (Å²) in [6, 6.07) is 14.1. The Hall–Kier alpha value is -2.43. The molecular weight excluding hydrogens is 324 g/mol. The minimum atomic E-state index is 0.143. The van der Waals surface area contributed by atoms with E-state index in [1.54, 1.807) is 0 Å². The van der Waals surface area contributed by atoms with E-state index in [0.29, 0.717) is 5.91 Å². The maximum absolute atomic E-state index is 12.5. The molecule has 5 nitrogen and oxygen atoms in total. The summed E-state index contributed by atoms with van der Waals surface area (Å²) in [4.78, 5) is 16.7. The Morgan fingerprint density at radius 3 is 2.46 bits per heavy atom. The Balaban J connectivity index is 1.56. The zero-order chi connectivity index (χ0) is 18.4. The van der Waals surface area contributed by atoms with Gasteiger partial charge in [-0.3, -0.25) is 4.79 Å². The number of aromatic nitrogens is 2. The van der Waals surface area contributed by atoms with Gasteiger partial charge in [-0.25, -0.2) is 0 Å². The van der Waals surface area contributed by atoms with Gasteiger partial charge in [-0.15, -0.1) is 10.2 Å². The van der Waals surface area contributed by atoms with Crippen LogP contribution in [0, 0.1) is 5.92 Å². The van der Waals surface area contributed by atoms with Crippen LogP contribution in [-0.4, -0.2) is 47.7 Å². The van der Waals surface area contributed by atoms with Gasteiger partial charge in [0.25, 0.3) is 0 Å². The average Bonchev–Trinajstić information content (AvgIpc) is 2.72. The Morgan fingerprint density at radius 2 is 1.85 bits per heavy atom. The van der Waals surface area contributed by atoms with E-state index in [1.165, 1.54) is 0 Å². The molecule has 0 spiro atoms. The molecule has 3 rings (SSSR count). The number of rotatable bonds is 6. The van der Waals surface area contributed by atoms with Gasteiger partial charge in [0.1, 0.15) is 0 Å². The number of nitrogens with zero attached hydrogens (tertiary/aromatic N) is 4. The van der Waals surface area contributed by atoms with Crippen molar-refractivity contribution in [2.45, 2.75) is 32.6 Å². The van der Waals surface area contributed by atoms with Crippen molar-refractivity contribution in [1.29, 1.82) is 0 Å². The van der Waals surface area contributed by atoms with Crippen LogP contribution in [0.3, 0.4) is 0 Å². The second-order valence-electron chi connectivity index (χ2n) is 7.02. The number of unbranched alkanes of at least 4 members (excludes halogenated alkanes) is 1. The first kappa shape index (κ1) is 18.4. The summed E-state index contributed by atoms with van der Waals surface area (Å²) in [7, 11) is 1.93. The van der Waals surface area contributed by atoms with Crippen LogP contribution in [0.4, 0.5) is 5.82 Å². The number of carbonyl (C=O) groups is 1. The molecule has 138 valence electrons. The number of piperidine rings is 1. The summed E-state index contributed by atoms with van der Waals surface area (Å²) in [5.41, 5.74) is 1.96. The first-order valence-electron chi connectivity index (χ1n) is 9.58. The fourth-order valence-corrected chi connectivity index (χ4v) is 3.43. The number of benzene rings is 1. The number of hydrogen-bond donors (Lipinski definition) is 0. The van der Waals surface area contributed by atoms with Gasteiger partial charge in [-0.05, 0) is 31.4 Å². The van der Waals surface area contributed by atoms with Crippen molar-refractivity contribution in [3.8, 4) is 11.3 Å². The summed E-state index contributed by atoms with van der Waals surface area (Å²) >= 11 is 0. The smallest absolute Gasteiger partial charge is 0.225 e. The molecule has 0 unspecified atom stereocenters. The zero-order valence-corrected chi connectivity index (χ0v) is 15.8. The highest BCUT2D eigenvalue weighted by Crippen LogP contribution is 2.24. The molecule has 0 bridgehead atoms. The van der Waals surface area contributed by atoms with Gasteiger partial charge in [0.15, 0.2) is 5.82 Å². The average molecular weight is 352 g/mol. The second-order valence-corrected chi connectivity index (χ2v) is 7.02. The molecule has 0 saturated carbocycles. The molecule has 5 heteroatoms. The first-order valence-corrected chi connectivity index (χ1v) is 9.58. The van der Waals surface area contributed by atoms with Crippen molar-refractivity contribution in [3.05, 3.63) is 42.5 Å². The van der Waals surface area contributed by atoms with Crippen LogP contribution >= 0.6 is 0 Å². The number of amides is 1. The molecule has 0 aliphatic carbocycles. The van der Waals surface area contributed by atoms with Gasteiger partial charge in [0.2, 0.25) is 5.91 Å². The fraction of sp³-hybridized carbons (Fsp3) is 0.476. The van der Waals surface area contributed by atoms with Crippen molar-refractivity contribution in [2.24, 2.45) is 5.92 Å². The minimum Gasteiger partial charge on any atom is -0.355 e. The van der Waals surface area contributed by atoms with E-state index in [4.69, 9.17) is 0 Å². The van der Waals surface area contributed by atoms with Gasteiger partial charge in [-0.2, -0.15) is 0 Å².